The second-order valence-corrected chi connectivity index (χ2v) is 6.79. The minimum absolute atomic E-state index is 0.344. The number of rotatable bonds is 5. The van der Waals surface area contributed by atoms with Crippen molar-refractivity contribution >= 4 is 17.4 Å². The molecule has 1 atom stereocenters. The van der Waals surface area contributed by atoms with Gasteiger partial charge >= 0.3 is 0 Å². The molecule has 1 aliphatic heterocycles. The van der Waals surface area contributed by atoms with Gasteiger partial charge in [0.05, 0.1) is 23.3 Å². The molecule has 5 heteroatoms. The number of aryl methyl sites for hydroxylation is 1. The first-order valence-electron chi connectivity index (χ1n) is 8.83. The van der Waals surface area contributed by atoms with Gasteiger partial charge in [-0.25, -0.2) is 4.99 Å². The van der Waals surface area contributed by atoms with Crippen LogP contribution in [0.25, 0.3) is 0 Å². The van der Waals surface area contributed by atoms with Gasteiger partial charge in [0.25, 0.3) is 0 Å². The Kier molecular flexibility index (Phi) is 5.95. The fraction of sp³-hybridized carbons (Fsp3) is 0.182. The Labute approximate surface area is 164 Å². The van der Waals surface area contributed by atoms with Gasteiger partial charge in [0, 0.05) is 16.8 Å². The quantitative estimate of drug-likeness (QED) is 0.808. The summed E-state index contributed by atoms with van der Waals surface area (Å²) in [6, 6.07) is 20.0. The molecule has 0 fully saturated rings. The van der Waals surface area contributed by atoms with E-state index < -0.39 is 5.92 Å². The average molecular weight is 377 g/mol. The van der Waals surface area contributed by atoms with Gasteiger partial charge in [-0.2, -0.15) is 5.26 Å². The van der Waals surface area contributed by atoms with Crippen molar-refractivity contribution in [1.29, 1.82) is 5.26 Å². The maximum absolute atomic E-state index is 9.87. The molecule has 136 valence electrons. The number of amidine groups is 1. The predicted octanol–water partition coefficient (Wildman–Crippen LogP) is 4.44. The molecular weight excluding hydrogens is 356 g/mol. The lowest BCUT2D eigenvalue weighted by Crippen LogP contribution is -2.27. The Bertz CT molecular complexity index is 952. The van der Waals surface area contributed by atoms with Gasteiger partial charge in [-0.05, 0) is 36.5 Å². The van der Waals surface area contributed by atoms with E-state index in [2.05, 4.69) is 23.2 Å². The first kappa shape index (κ1) is 18.8. The van der Waals surface area contributed by atoms with Crippen LogP contribution in [0.2, 0.25) is 5.02 Å². The Hall–Kier alpha value is -3.03. The number of nitriles is 1. The third-order valence-electron chi connectivity index (χ3n) is 4.70. The maximum Gasteiger partial charge on any atom is 0.129 e. The van der Waals surface area contributed by atoms with E-state index in [0.29, 0.717) is 34.1 Å². The molecule has 0 amide bonds. The molecule has 1 aliphatic rings. The summed E-state index contributed by atoms with van der Waals surface area (Å²) in [6.45, 7) is 0. The zero-order valence-corrected chi connectivity index (χ0v) is 15.7. The van der Waals surface area contributed by atoms with Crippen LogP contribution in [0.4, 0.5) is 0 Å². The second-order valence-electron chi connectivity index (χ2n) is 6.38. The van der Waals surface area contributed by atoms with Crippen molar-refractivity contribution in [2.45, 2.75) is 25.2 Å². The molecule has 0 aliphatic carbocycles. The van der Waals surface area contributed by atoms with Gasteiger partial charge < -0.3 is 11.5 Å². The average Bonchev–Trinajstić information content (AvgIpc) is 2.69. The summed E-state index contributed by atoms with van der Waals surface area (Å²) in [5.74, 6) is -0.0472. The molecule has 0 aromatic heterocycles. The van der Waals surface area contributed by atoms with Crippen molar-refractivity contribution in [1.82, 2.24) is 0 Å². The molecule has 3 rings (SSSR count). The number of halogens is 1. The van der Waals surface area contributed by atoms with Crippen LogP contribution in [-0.2, 0) is 6.42 Å². The molecule has 0 spiro atoms. The molecule has 2 aromatic carbocycles. The summed E-state index contributed by atoms with van der Waals surface area (Å²) in [5, 5.41) is 10.4. The van der Waals surface area contributed by atoms with E-state index in [4.69, 9.17) is 23.1 Å². The van der Waals surface area contributed by atoms with Crippen LogP contribution in [0.5, 0.6) is 0 Å². The number of aliphatic imine (C=N–C) groups is 1. The molecule has 1 heterocycles. The van der Waals surface area contributed by atoms with Crippen molar-refractivity contribution < 1.29 is 0 Å². The number of benzene rings is 2. The van der Waals surface area contributed by atoms with Gasteiger partial charge in [-0.3, -0.25) is 0 Å². The predicted molar refractivity (Wildman–Crippen MR) is 110 cm³/mol. The molecule has 4 N–H and O–H groups in total. The summed E-state index contributed by atoms with van der Waals surface area (Å²) in [7, 11) is 0. The summed E-state index contributed by atoms with van der Waals surface area (Å²) in [4.78, 5) is 4.48. The van der Waals surface area contributed by atoms with Gasteiger partial charge in [-0.1, -0.05) is 60.1 Å². The third-order valence-corrected chi connectivity index (χ3v) is 5.04. The molecular formula is C22H21ClN4. The number of hydrogen-bond acceptors (Lipinski definition) is 4. The van der Waals surface area contributed by atoms with E-state index in [9.17, 15) is 5.26 Å². The van der Waals surface area contributed by atoms with Crippen LogP contribution in [-0.4, -0.2) is 5.84 Å². The first-order valence-corrected chi connectivity index (χ1v) is 9.21. The largest absolute Gasteiger partial charge is 0.404 e. The molecule has 0 saturated heterocycles. The Morgan fingerprint density at radius 3 is 2.44 bits per heavy atom. The highest BCUT2D eigenvalue weighted by atomic mass is 35.5. The second kappa shape index (κ2) is 8.57. The number of nitrogens with two attached hydrogens (primary N) is 2. The van der Waals surface area contributed by atoms with Crippen molar-refractivity contribution in [3.8, 4) is 6.07 Å². The van der Waals surface area contributed by atoms with Crippen LogP contribution < -0.4 is 11.5 Å². The molecule has 4 nitrogen and oxygen atoms in total. The minimum atomic E-state index is -0.391. The monoisotopic (exact) mass is 376 g/mol. The van der Waals surface area contributed by atoms with E-state index in [-0.39, 0.29) is 0 Å². The molecule has 0 radical (unpaired) electrons. The van der Waals surface area contributed by atoms with E-state index in [1.165, 1.54) is 11.8 Å². The maximum atomic E-state index is 9.87. The summed E-state index contributed by atoms with van der Waals surface area (Å²) in [5.41, 5.74) is 15.9. The zero-order valence-electron chi connectivity index (χ0n) is 14.9. The third kappa shape index (κ3) is 4.05. The zero-order chi connectivity index (χ0) is 19.2. The molecule has 27 heavy (non-hydrogen) atoms. The number of allylic oxidation sites excluding steroid dienone is 2. The normalized spacial score (nSPS) is 18.3. The summed E-state index contributed by atoms with van der Waals surface area (Å²) >= 11 is 6.40. The standard InChI is InChI=1S/C22H21ClN4/c23-19-11-5-4-10-16(19)21-17(13-24)20(27-22(26)18(21)14-25)12-6-9-15-7-2-1-3-8-15/h1-5,7-8,10-11,14,21H,6,9,12,25H2,(H2,26,27)/b18-14-. The summed E-state index contributed by atoms with van der Waals surface area (Å²) < 4.78 is 0. The smallest absolute Gasteiger partial charge is 0.129 e. The van der Waals surface area contributed by atoms with Gasteiger partial charge in [0.15, 0.2) is 0 Å². The minimum Gasteiger partial charge on any atom is -0.404 e. The molecule has 1 unspecified atom stereocenters. The van der Waals surface area contributed by atoms with E-state index in [1.807, 2.05) is 36.4 Å². The fourth-order valence-electron chi connectivity index (χ4n) is 3.38. The van der Waals surface area contributed by atoms with Crippen molar-refractivity contribution in [3.05, 3.63) is 93.8 Å². The van der Waals surface area contributed by atoms with Crippen LogP contribution in [0, 0.1) is 11.3 Å². The van der Waals surface area contributed by atoms with Crippen molar-refractivity contribution in [2.75, 3.05) is 0 Å². The molecule has 2 aromatic rings. The lowest BCUT2D eigenvalue weighted by Gasteiger charge is -2.26. The van der Waals surface area contributed by atoms with Crippen molar-refractivity contribution in [2.24, 2.45) is 16.5 Å². The van der Waals surface area contributed by atoms with Crippen molar-refractivity contribution in [3.63, 3.8) is 0 Å². The number of hydrogen-bond donors (Lipinski definition) is 2. The van der Waals surface area contributed by atoms with Crippen LogP contribution in [0.1, 0.15) is 29.9 Å². The SMILES string of the molecule is N#CC1=C(CCCc2ccccc2)N=C(N)/C(=C\N)C1c1ccccc1Cl. The van der Waals surface area contributed by atoms with Gasteiger partial charge in [0.1, 0.15) is 5.84 Å². The van der Waals surface area contributed by atoms with E-state index in [0.717, 1.165) is 18.4 Å². The fourth-order valence-corrected chi connectivity index (χ4v) is 3.62. The Balaban J connectivity index is 1.93. The molecule has 0 saturated carbocycles. The summed E-state index contributed by atoms with van der Waals surface area (Å²) in [6.07, 6.45) is 3.87. The van der Waals surface area contributed by atoms with E-state index in [1.54, 1.807) is 6.07 Å². The number of nitrogens with zero attached hydrogens (tertiary/aromatic N) is 2. The lowest BCUT2D eigenvalue weighted by atomic mass is 9.81. The van der Waals surface area contributed by atoms with E-state index >= 15 is 0 Å². The molecule has 0 bridgehead atoms. The first-order chi connectivity index (χ1) is 13.2. The Morgan fingerprint density at radius 1 is 1.07 bits per heavy atom. The van der Waals surface area contributed by atoms with Gasteiger partial charge in [-0.15, -0.1) is 0 Å². The van der Waals surface area contributed by atoms with Crippen LogP contribution >= 0.6 is 11.6 Å². The van der Waals surface area contributed by atoms with Crippen LogP contribution in [0.15, 0.2) is 82.6 Å². The highest BCUT2D eigenvalue weighted by molar-refractivity contribution is 6.31. The van der Waals surface area contributed by atoms with Gasteiger partial charge in [0.2, 0.25) is 0 Å². The lowest BCUT2D eigenvalue weighted by molar-refractivity contribution is 0.780. The topological polar surface area (TPSA) is 88.2 Å². The highest BCUT2D eigenvalue weighted by Crippen LogP contribution is 2.40. The Morgan fingerprint density at radius 2 is 1.78 bits per heavy atom. The highest BCUT2D eigenvalue weighted by Gasteiger charge is 2.31. The van der Waals surface area contributed by atoms with Crippen LogP contribution in [0.3, 0.4) is 0 Å².